The average Bonchev–Trinajstić information content (AvgIpc) is 3.33. The van der Waals surface area contributed by atoms with Gasteiger partial charge in [-0.1, -0.05) is 58.8 Å². The second kappa shape index (κ2) is 11.0. The third-order valence-corrected chi connectivity index (χ3v) is 6.43. The topological polar surface area (TPSA) is 110 Å². The number of amides is 2. The number of carbonyl (C=O) groups excluding carboxylic acids is 2. The molecule has 4 aromatic rings. The maximum absolute atomic E-state index is 13.4. The van der Waals surface area contributed by atoms with Crippen LogP contribution >= 0.6 is 0 Å². The number of anilines is 1. The summed E-state index contributed by atoms with van der Waals surface area (Å²) in [6.07, 6.45) is 1.64. The first-order chi connectivity index (χ1) is 18.7. The van der Waals surface area contributed by atoms with Crippen LogP contribution < -0.4 is 10.6 Å². The van der Waals surface area contributed by atoms with Gasteiger partial charge in [0.1, 0.15) is 0 Å². The molecule has 0 unspecified atom stereocenters. The Bertz CT molecular complexity index is 1540. The zero-order valence-corrected chi connectivity index (χ0v) is 24.5. The fraction of sp³-hybridized carbons (Fsp3) is 0.344. The molecule has 8 heteroatoms. The van der Waals surface area contributed by atoms with E-state index in [9.17, 15) is 9.59 Å². The van der Waals surface area contributed by atoms with Crippen molar-refractivity contribution in [2.24, 2.45) is 5.41 Å². The van der Waals surface area contributed by atoms with E-state index in [0.29, 0.717) is 40.6 Å². The summed E-state index contributed by atoms with van der Waals surface area (Å²) in [7, 11) is 0. The fourth-order valence-corrected chi connectivity index (χ4v) is 4.08. The Morgan fingerprint density at radius 3 is 2.15 bits per heavy atom. The second-order valence-corrected chi connectivity index (χ2v) is 12.3. The van der Waals surface area contributed by atoms with E-state index in [1.54, 1.807) is 31.3 Å². The van der Waals surface area contributed by atoms with Gasteiger partial charge in [0.15, 0.2) is 0 Å². The van der Waals surface area contributed by atoms with Gasteiger partial charge in [0.25, 0.3) is 11.8 Å². The minimum Gasteiger partial charge on any atom is -0.352 e. The van der Waals surface area contributed by atoms with E-state index >= 15 is 0 Å². The first-order valence-electron chi connectivity index (χ1n) is 13.3. The molecule has 40 heavy (non-hydrogen) atoms. The predicted molar refractivity (Wildman–Crippen MR) is 157 cm³/mol. The molecule has 0 aliphatic carbocycles. The number of aromatic nitrogens is 3. The summed E-state index contributed by atoms with van der Waals surface area (Å²) in [5.74, 6) is 0.520. The maximum atomic E-state index is 13.4. The van der Waals surface area contributed by atoms with Crippen LogP contribution in [0.5, 0.6) is 0 Å². The van der Waals surface area contributed by atoms with Gasteiger partial charge in [-0.2, -0.15) is 4.98 Å². The number of nitrogens with one attached hydrogen (secondary N) is 2. The zero-order valence-electron chi connectivity index (χ0n) is 24.5. The molecule has 0 aliphatic heterocycles. The van der Waals surface area contributed by atoms with Crippen LogP contribution in [0.2, 0.25) is 0 Å². The van der Waals surface area contributed by atoms with Gasteiger partial charge < -0.3 is 15.2 Å². The lowest BCUT2D eigenvalue weighted by Gasteiger charge is -2.21. The molecule has 0 radical (unpaired) electrons. The van der Waals surface area contributed by atoms with Crippen molar-refractivity contribution in [1.82, 2.24) is 20.4 Å². The molecule has 2 aromatic heterocycles. The van der Waals surface area contributed by atoms with E-state index in [2.05, 4.69) is 67.3 Å². The summed E-state index contributed by atoms with van der Waals surface area (Å²) in [5, 5.41) is 9.99. The van der Waals surface area contributed by atoms with Gasteiger partial charge in [0.05, 0.1) is 11.9 Å². The number of hydrogen-bond donors (Lipinski definition) is 2. The number of pyridine rings is 1. The fourth-order valence-electron chi connectivity index (χ4n) is 4.08. The van der Waals surface area contributed by atoms with Crippen LogP contribution in [0, 0.1) is 19.3 Å². The summed E-state index contributed by atoms with van der Waals surface area (Å²) in [4.78, 5) is 34.8. The van der Waals surface area contributed by atoms with Crippen molar-refractivity contribution in [2.45, 2.75) is 60.8 Å². The molecular weight excluding hydrogens is 502 g/mol. The molecule has 2 N–H and O–H groups in total. The van der Waals surface area contributed by atoms with E-state index in [-0.39, 0.29) is 22.6 Å². The Kier molecular flexibility index (Phi) is 7.91. The molecular formula is C32H37N5O3. The Morgan fingerprint density at radius 1 is 0.850 bits per heavy atom. The molecule has 0 saturated carbocycles. The minimum absolute atomic E-state index is 0.00491. The predicted octanol–water partition coefficient (Wildman–Crippen LogP) is 6.74. The first kappa shape index (κ1) is 28.7. The maximum Gasteiger partial charge on any atom is 0.255 e. The molecule has 2 aromatic carbocycles. The lowest BCUT2D eigenvalue weighted by molar-refractivity contribution is 0.0938. The van der Waals surface area contributed by atoms with Gasteiger partial charge in [-0.05, 0) is 65.3 Å². The number of aryl methyl sites for hydroxylation is 2. The van der Waals surface area contributed by atoms with Crippen molar-refractivity contribution in [3.63, 3.8) is 0 Å². The Labute approximate surface area is 235 Å². The molecule has 0 atom stereocenters. The highest BCUT2D eigenvalue weighted by Gasteiger charge is 2.20. The normalized spacial score (nSPS) is 11.8. The van der Waals surface area contributed by atoms with Crippen molar-refractivity contribution >= 4 is 17.5 Å². The first-order valence-corrected chi connectivity index (χ1v) is 13.3. The van der Waals surface area contributed by atoms with Crippen LogP contribution in [0.25, 0.3) is 22.5 Å². The van der Waals surface area contributed by atoms with Gasteiger partial charge in [0, 0.05) is 41.4 Å². The van der Waals surface area contributed by atoms with Crippen molar-refractivity contribution < 1.29 is 14.1 Å². The molecule has 2 amide bonds. The van der Waals surface area contributed by atoms with Crippen LogP contribution in [0.3, 0.4) is 0 Å². The molecule has 4 rings (SSSR count). The monoisotopic (exact) mass is 539 g/mol. The van der Waals surface area contributed by atoms with Gasteiger partial charge in [-0.25, -0.2) is 0 Å². The molecule has 208 valence electrons. The van der Waals surface area contributed by atoms with Crippen LogP contribution in [0.15, 0.2) is 59.3 Å². The van der Waals surface area contributed by atoms with Crippen molar-refractivity contribution in [3.8, 4) is 22.5 Å². The number of nitrogens with zero attached hydrogens (tertiary/aromatic N) is 3. The molecule has 0 aliphatic rings. The highest BCUT2D eigenvalue weighted by Crippen LogP contribution is 2.30. The Balaban J connectivity index is 1.58. The lowest BCUT2D eigenvalue weighted by Crippen LogP contribution is -2.32. The van der Waals surface area contributed by atoms with Gasteiger partial charge in [-0.3, -0.25) is 14.6 Å². The van der Waals surface area contributed by atoms with Crippen LogP contribution in [-0.4, -0.2) is 33.5 Å². The van der Waals surface area contributed by atoms with E-state index in [1.165, 1.54) is 0 Å². The largest absolute Gasteiger partial charge is 0.352 e. The molecule has 0 saturated heterocycles. The molecule has 8 nitrogen and oxygen atoms in total. The van der Waals surface area contributed by atoms with Crippen molar-refractivity contribution in [2.75, 3.05) is 11.9 Å². The average molecular weight is 540 g/mol. The third-order valence-electron chi connectivity index (χ3n) is 6.43. The lowest BCUT2D eigenvalue weighted by atomic mass is 9.85. The van der Waals surface area contributed by atoms with Gasteiger partial charge >= 0.3 is 0 Å². The zero-order chi connectivity index (χ0) is 29.2. The van der Waals surface area contributed by atoms with Gasteiger partial charge in [-0.15, -0.1) is 0 Å². The van der Waals surface area contributed by atoms with E-state index in [4.69, 9.17) is 4.52 Å². The molecule has 0 fully saturated rings. The summed E-state index contributed by atoms with van der Waals surface area (Å²) < 4.78 is 5.16. The van der Waals surface area contributed by atoms with E-state index < -0.39 is 0 Å². The second-order valence-electron chi connectivity index (χ2n) is 12.3. The summed E-state index contributed by atoms with van der Waals surface area (Å²) >= 11 is 0. The summed E-state index contributed by atoms with van der Waals surface area (Å²) in [6.45, 7) is 16.7. The van der Waals surface area contributed by atoms with Gasteiger partial charge in [0.2, 0.25) is 11.7 Å². The molecule has 0 bridgehead atoms. The van der Waals surface area contributed by atoms with Crippen molar-refractivity contribution in [3.05, 3.63) is 83.0 Å². The number of benzene rings is 2. The summed E-state index contributed by atoms with van der Waals surface area (Å²) in [5.41, 5.74) is 5.72. The number of carbonyl (C=O) groups is 2. The number of hydrogen-bond acceptors (Lipinski definition) is 6. The Hall–Kier alpha value is -4.33. The third kappa shape index (κ3) is 7.00. The number of rotatable bonds is 6. The molecule has 2 heterocycles. The van der Waals surface area contributed by atoms with E-state index in [1.807, 2.05) is 37.3 Å². The standard InChI is InChI=1S/C32H37N5O3/c1-19-27(21-9-11-22(12-10-21)29(38)34-18-31(3,4)5)16-26(17-33-19)36-30(39)24-13-23(28-35-20(2)40-37-28)14-25(15-24)32(6,7)8/h9-17H,18H2,1-8H3,(H,34,38)(H,36,39). The van der Waals surface area contributed by atoms with Crippen LogP contribution in [-0.2, 0) is 5.41 Å². The highest BCUT2D eigenvalue weighted by atomic mass is 16.5. The van der Waals surface area contributed by atoms with Crippen molar-refractivity contribution in [1.29, 1.82) is 0 Å². The van der Waals surface area contributed by atoms with Crippen LogP contribution in [0.1, 0.15) is 79.4 Å². The minimum atomic E-state index is -0.268. The quantitative estimate of drug-likeness (QED) is 0.281. The SMILES string of the molecule is Cc1nc(-c2cc(C(=O)Nc3cnc(C)c(-c4ccc(C(=O)NCC(C)(C)C)cc4)c3)cc(C(C)(C)C)c2)no1. The van der Waals surface area contributed by atoms with E-state index in [0.717, 1.165) is 22.4 Å². The Morgan fingerprint density at radius 2 is 1.55 bits per heavy atom. The summed E-state index contributed by atoms with van der Waals surface area (Å²) in [6, 6.07) is 14.9. The highest BCUT2D eigenvalue weighted by molar-refractivity contribution is 6.05. The molecule has 0 spiro atoms. The van der Waals surface area contributed by atoms with Crippen LogP contribution in [0.4, 0.5) is 5.69 Å². The smallest absolute Gasteiger partial charge is 0.255 e.